The number of nitrogens with one attached hydrogen (secondary N) is 1. The van der Waals surface area contributed by atoms with E-state index in [2.05, 4.69) is 21.2 Å². The quantitative estimate of drug-likeness (QED) is 0.800. The van der Waals surface area contributed by atoms with E-state index in [4.69, 9.17) is 4.74 Å². The number of ether oxygens (including phenoxy) is 1. The van der Waals surface area contributed by atoms with E-state index in [0.29, 0.717) is 28.5 Å². The zero-order valence-corrected chi connectivity index (χ0v) is 14.6. The van der Waals surface area contributed by atoms with Gasteiger partial charge in [0.2, 0.25) is 0 Å². The van der Waals surface area contributed by atoms with E-state index in [9.17, 15) is 13.6 Å². The van der Waals surface area contributed by atoms with Gasteiger partial charge in [-0.25, -0.2) is 13.6 Å². The van der Waals surface area contributed by atoms with Crippen molar-refractivity contribution in [2.75, 3.05) is 0 Å². The molecule has 0 saturated heterocycles. The van der Waals surface area contributed by atoms with Gasteiger partial charge in [0.05, 0.1) is 16.9 Å². The normalized spacial score (nSPS) is 17.4. The second-order valence-corrected chi connectivity index (χ2v) is 7.59. The topological polar surface area (TPSA) is 43.3 Å². The molecule has 2 heterocycles. The first-order valence-corrected chi connectivity index (χ1v) is 8.10. The van der Waals surface area contributed by atoms with Crippen molar-refractivity contribution < 1.29 is 18.3 Å². The van der Waals surface area contributed by atoms with Gasteiger partial charge in [0.1, 0.15) is 5.60 Å². The maximum absolute atomic E-state index is 14.0. The molecule has 1 atom stereocenters. The fourth-order valence-corrected chi connectivity index (χ4v) is 3.53. The highest BCUT2D eigenvalue weighted by atomic mass is 79.9. The van der Waals surface area contributed by atoms with E-state index in [-0.39, 0.29) is 11.4 Å². The highest BCUT2D eigenvalue weighted by Gasteiger charge is 2.28. The molecule has 1 aromatic heterocycles. The minimum atomic E-state index is -0.885. The van der Waals surface area contributed by atoms with Crippen molar-refractivity contribution in [1.29, 1.82) is 0 Å². The van der Waals surface area contributed by atoms with Crippen molar-refractivity contribution >= 4 is 32.9 Å². The lowest BCUT2D eigenvalue weighted by Crippen LogP contribution is -2.43. The molecular formula is C16H17BrF2N2O2. The third kappa shape index (κ3) is 3.06. The van der Waals surface area contributed by atoms with Gasteiger partial charge >= 0.3 is 6.09 Å². The molecule has 1 amide bonds. The van der Waals surface area contributed by atoms with Crippen LogP contribution in [0.3, 0.4) is 0 Å². The second-order valence-electron chi connectivity index (χ2n) is 6.73. The Hall–Kier alpha value is -1.63. The minimum Gasteiger partial charge on any atom is -0.444 e. The number of nitrogens with zero attached hydrogens (tertiary/aromatic N) is 1. The van der Waals surface area contributed by atoms with Crippen LogP contribution in [0.5, 0.6) is 0 Å². The lowest BCUT2D eigenvalue weighted by Gasteiger charge is -2.27. The third-order valence-electron chi connectivity index (χ3n) is 3.67. The number of hydrogen-bond donors (Lipinski definition) is 1. The first kappa shape index (κ1) is 16.2. The number of halogens is 3. The van der Waals surface area contributed by atoms with Crippen LogP contribution in [0.2, 0.25) is 0 Å². The highest BCUT2D eigenvalue weighted by molar-refractivity contribution is 9.10. The van der Waals surface area contributed by atoms with Crippen molar-refractivity contribution in [2.24, 2.45) is 0 Å². The summed E-state index contributed by atoms with van der Waals surface area (Å²) in [6.45, 7) is 5.83. The van der Waals surface area contributed by atoms with Crippen LogP contribution in [-0.2, 0) is 17.7 Å². The predicted molar refractivity (Wildman–Crippen MR) is 86.4 cm³/mol. The zero-order chi connectivity index (χ0) is 16.9. The van der Waals surface area contributed by atoms with Gasteiger partial charge in [-0.3, -0.25) is 0 Å². The Morgan fingerprint density at radius 2 is 2.13 bits per heavy atom. The summed E-state index contributed by atoms with van der Waals surface area (Å²) in [5, 5.41) is 3.04. The molecule has 0 spiro atoms. The van der Waals surface area contributed by atoms with Crippen LogP contribution in [0.4, 0.5) is 13.6 Å². The van der Waals surface area contributed by atoms with Crippen LogP contribution in [0, 0.1) is 11.6 Å². The Morgan fingerprint density at radius 1 is 1.43 bits per heavy atom. The largest absolute Gasteiger partial charge is 0.444 e. The molecule has 2 aromatic rings. The van der Waals surface area contributed by atoms with Crippen LogP contribution in [-0.4, -0.2) is 22.3 Å². The molecule has 0 radical (unpaired) electrons. The monoisotopic (exact) mass is 386 g/mol. The average Bonchev–Trinajstić information content (AvgIpc) is 2.70. The first-order chi connectivity index (χ1) is 10.7. The van der Waals surface area contributed by atoms with E-state index in [1.807, 2.05) is 4.57 Å². The van der Waals surface area contributed by atoms with Crippen molar-refractivity contribution in [3.8, 4) is 0 Å². The number of aromatic nitrogens is 1. The van der Waals surface area contributed by atoms with Gasteiger partial charge in [0.15, 0.2) is 11.6 Å². The third-order valence-corrected chi connectivity index (χ3v) is 4.27. The molecule has 1 aromatic carbocycles. The van der Waals surface area contributed by atoms with Crippen molar-refractivity contribution in [2.45, 2.75) is 45.4 Å². The van der Waals surface area contributed by atoms with Gasteiger partial charge < -0.3 is 14.6 Å². The Morgan fingerprint density at radius 3 is 2.78 bits per heavy atom. The van der Waals surface area contributed by atoms with Crippen LogP contribution < -0.4 is 5.32 Å². The smallest absolute Gasteiger partial charge is 0.407 e. The summed E-state index contributed by atoms with van der Waals surface area (Å²) < 4.78 is 35.4. The molecule has 7 heteroatoms. The number of amides is 1. The Balaban J connectivity index is 1.89. The molecule has 1 unspecified atom stereocenters. The Bertz CT molecular complexity index is 796. The number of alkyl carbamates (subject to hydrolysis) is 1. The molecule has 1 N–H and O–H groups in total. The van der Waals surface area contributed by atoms with Crippen LogP contribution in [0.25, 0.3) is 10.9 Å². The average molecular weight is 387 g/mol. The molecule has 0 aliphatic carbocycles. The number of hydrogen-bond acceptors (Lipinski definition) is 2. The lowest BCUT2D eigenvalue weighted by molar-refractivity contribution is 0.0498. The van der Waals surface area contributed by atoms with Crippen LogP contribution in [0.1, 0.15) is 26.3 Å². The van der Waals surface area contributed by atoms with E-state index >= 15 is 0 Å². The van der Waals surface area contributed by atoms with Crippen molar-refractivity contribution in [3.05, 3.63) is 33.9 Å². The highest BCUT2D eigenvalue weighted by Crippen LogP contribution is 2.35. The maximum Gasteiger partial charge on any atom is 0.407 e. The van der Waals surface area contributed by atoms with Gasteiger partial charge in [-0.1, -0.05) is 0 Å². The van der Waals surface area contributed by atoms with Crippen molar-refractivity contribution in [3.63, 3.8) is 0 Å². The molecule has 23 heavy (non-hydrogen) atoms. The van der Waals surface area contributed by atoms with Gasteiger partial charge in [-0.2, -0.15) is 0 Å². The number of rotatable bonds is 1. The fraction of sp³-hybridized carbons (Fsp3) is 0.438. The molecule has 0 bridgehead atoms. The Kier molecular flexibility index (Phi) is 3.86. The van der Waals surface area contributed by atoms with E-state index < -0.39 is 23.3 Å². The summed E-state index contributed by atoms with van der Waals surface area (Å²) in [6, 6.07) is 0.952. The van der Waals surface area contributed by atoms with Gasteiger partial charge in [-0.05, 0) is 54.8 Å². The van der Waals surface area contributed by atoms with Gasteiger partial charge in [0.25, 0.3) is 0 Å². The van der Waals surface area contributed by atoms with Crippen LogP contribution in [0.15, 0.2) is 16.7 Å². The number of carbonyl (C=O) groups excluding carboxylic acids is 1. The molecule has 0 saturated carbocycles. The van der Waals surface area contributed by atoms with E-state index in [1.54, 1.807) is 27.0 Å². The molecular weight excluding hydrogens is 370 g/mol. The van der Waals surface area contributed by atoms with E-state index in [1.165, 1.54) is 6.07 Å². The summed E-state index contributed by atoms with van der Waals surface area (Å²) in [5.74, 6) is -1.74. The number of benzene rings is 1. The Labute approximate surface area is 140 Å². The standard InChI is InChI=1S/C16H17BrF2N2O2/c1-16(2,3)23-15(22)20-9-4-8-5-11(18)13(19)12-10(17)7-21(6-9)14(8)12/h5,7,9H,4,6H2,1-3H3,(H,20,22). The summed E-state index contributed by atoms with van der Waals surface area (Å²) in [6.07, 6.45) is 1.61. The molecule has 4 nitrogen and oxygen atoms in total. The van der Waals surface area contributed by atoms with Crippen molar-refractivity contribution in [1.82, 2.24) is 9.88 Å². The zero-order valence-electron chi connectivity index (χ0n) is 13.0. The SMILES string of the molecule is CC(C)(C)OC(=O)NC1Cc2cc(F)c(F)c3c(Br)cn(c23)C1. The molecule has 1 aliphatic heterocycles. The maximum atomic E-state index is 14.0. The van der Waals surface area contributed by atoms with Crippen LogP contribution >= 0.6 is 15.9 Å². The second kappa shape index (κ2) is 5.47. The minimum absolute atomic E-state index is 0.246. The molecule has 124 valence electrons. The molecule has 3 rings (SSSR count). The summed E-state index contributed by atoms with van der Waals surface area (Å²) in [7, 11) is 0. The fourth-order valence-electron chi connectivity index (χ4n) is 2.92. The van der Waals surface area contributed by atoms with Gasteiger partial charge in [-0.15, -0.1) is 0 Å². The first-order valence-electron chi connectivity index (χ1n) is 7.30. The number of carbonyl (C=O) groups is 1. The molecule has 0 fully saturated rings. The lowest BCUT2D eigenvalue weighted by atomic mass is 9.99. The van der Waals surface area contributed by atoms with E-state index in [0.717, 1.165) is 0 Å². The summed E-state index contributed by atoms with van der Waals surface area (Å²) in [5.41, 5.74) is 0.741. The predicted octanol–water partition coefficient (Wildman–Crippen LogP) is 4.13. The summed E-state index contributed by atoms with van der Waals surface area (Å²) in [4.78, 5) is 11.9. The van der Waals surface area contributed by atoms with Gasteiger partial charge in [0, 0.05) is 17.2 Å². The summed E-state index contributed by atoms with van der Waals surface area (Å²) >= 11 is 3.28. The molecule has 1 aliphatic rings.